The van der Waals surface area contributed by atoms with Crippen molar-refractivity contribution in [2.45, 2.75) is 19.0 Å². The smallest absolute Gasteiger partial charge is 0.326 e. The van der Waals surface area contributed by atoms with Crippen molar-refractivity contribution < 1.29 is 19.1 Å². The lowest BCUT2D eigenvalue weighted by Gasteiger charge is -2.32. The Labute approximate surface area is 121 Å². The number of furan rings is 1. The van der Waals surface area contributed by atoms with E-state index < -0.39 is 17.9 Å². The molecule has 1 unspecified atom stereocenters. The minimum atomic E-state index is -1.05. The van der Waals surface area contributed by atoms with Crippen molar-refractivity contribution in [3.8, 4) is 0 Å². The molecule has 104 valence electrons. The maximum atomic E-state index is 12.5. The predicted octanol–water partition coefficient (Wildman–Crippen LogP) is 1.42. The number of nitrogens with one attached hydrogen (secondary N) is 1. The molecule has 0 bridgehead atoms. The summed E-state index contributed by atoms with van der Waals surface area (Å²) < 4.78 is 5.32. The highest BCUT2D eigenvalue weighted by Gasteiger charge is 2.37. The number of aromatic nitrogens is 2. The fourth-order valence-electron chi connectivity index (χ4n) is 2.27. The molecule has 0 fully saturated rings. The number of nitrogens with zero attached hydrogens (tertiary/aromatic N) is 2. The van der Waals surface area contributed by atoms with Crippen LogP contribution in [-0.4, -0.2) is 37.9 Å². The Hall–Kier alpha value is -2.09. The van der Waals surface area contributed by atoms with E-state index in [0.29, 0.717) is 15.9 Å². The fourth-order valence-corrected chi connectivity index (χ4v) is 2.68. The monoisotopic (exact) mass is 339 g/mol. The third kappa shape index (κ3) is 2.01. The van der Waals surface area contributed by atoms with Crippen molar-refractivity contribution in [2.75, 3.05) is 0 Å². The number of carbonyl (C=O) groups is 2. The number of hydrogen-bond donors (Lipinski definition) is 2. The van der Waals surface area contributed by atoms with Crippen LogP contribution in [0.1, 0.15) is 21.7 Å². The predicted molar refractivity (Wildman–Crippen MR) is 70.0 cm³/mol. The first-order chi connectivity index (χ1) is 9.58. The number of halogens is 1. The van der Waals surface area contributed by atoms with Crippen molar-refractivity contribution in [3.63, 3.8) is 0 Å². The SMILES string of the molecule is O=C(O)C1Cc2nc[nH]c2CN1C(=O)c1ccoc1Br. The molecule has 0 saturated carbocycles. The van der Waals surface area contributed by atoms with E-state index in [1.54, 1.807) is 0 Å². The molecule has 1 atom stereocenters. The first kappa shape index (κ1) is 12.9. The number of aromatic amines is 1. The van der Waals surface area contributed by atoms with E-state index in [2.05, 4.69) is 25.9 Å². The molecule has 0 saturated heterocycles. The number of hydrogen-bond acceptors (Lipinski definition) is 4. The van der Waals surface area contributed by atoms with E-state index in [1.165, 1.54) is 23.6 Å². The molecule has 0 aliphatic carbocycles. The van der Waals surface area contributed by atoms with Crippen LogP contribution in [0.5, 0.6) is 0 Å². The Kier molecular flexibility index (Phi) is 3.09. The third-order valence-corrected chi connectivity index (χ3v) is 3.91. The van der Waals surface area contributed by atoms with Gasteiger partial charge in [-0.3, -0.25) is 4.79 Å². The highest BCUT2D eigenvalue weighted by atomic mass is 79.9. The van der Waals surface area contributed by atoms with Gasteiger partial charge in [0.05, 0.1) is 36.1 Å². The van der Waals surface area contributed by atoms with Gasteiger partial charge in [-0.2, -0.15) is 0 Å². The average Bonchev–Trinajstić information content (AvgIpc) is 3.04. The summed E-state index contributed by atoms with van der Waals surface area (Å²) in [4.78, 5) is 32.2. The second kappa shape index (κ2) is 4.78. The van der Waals surface area contributed by atoms with Gasteiger partial charge in [0, 0.05) is 6.42 Å². The fraction of sp³-hybridized carbons (Fsp3) is 0.250. The number of rotatable bonds is 2. The normalized spacial score (nSPS) is 17.9. The van der Waals surface area contributed by atoms with Crippen molar-refractivity contribution in [2.24, 2.45) is 0 Å². The summed E-state index contributed by atoms with van der Waals surface area (Å²) in [7, 11) is 0. The van der Waals surface area contributed by atoms with Gasteiger partial charge in [0.25, 0.3) is 5.91 Å². The molecule has 1 aliphatic rings. The molecule has 2 N–H and O–H groups in total. The molecule has 0 spiro atoms. The van der Waals surface area contributed by atoms with E-state index in [4.69, 9.17) is 4.42 Å². The van der Waals surface area contributed by atoms with Gasteiger partial charge in [-0.15, -0.1) is 0 Å². The van der Waals surface area contributed by atoms with Gasteiger partial charge >= 0.3 is 5.97 Å². The van der Waals surface area contributed by atoms with Gasteiger partial charge in [-0.25, -0.2) is 9.78 Å². The zero-order valence-corrected chi connectivity index (χ0v) is 11.8. The topological polar surface area (TPSA) is 99.4 Å². The number of fused-ring (bicyclic) bond motifs is 1. The third-order valence-electron chi connectivity index (χ3n) is 3.29. The molecule has 8 heteroatoms. The van der Waals surface area contributed by atoms with Gasteiger partial charge in [-0.05, 0) is 22.0 Å². The van der Waals surface area contributed by atoms with E-state index in [0.717, 1.165) is 5.69 Å². The minimum absolute atomic E-state index is 0.183. The molecule has 20 heavy (non-hydrogen) atoms. The van der Waals surface area contributed by atoms with Crippen molar-refractivity contribution >= 4 is 27.8 Å². The maximum Gasteiger partial charge on any atom is 0.326 e. The minimum Gasteiger partial charge on any atom is -0.480 e. The molecule has 7 nitrogen and oxygen atoms in total. The molecule has 2 aromatic heterocycles. The number of amides is 1. The lowest BCUT2D eigenvalue weighted by molar-refractivity contribution is -0.142. The van der Waals surface area contributed by atoms with Gasteiger partial charge in [0.2, 0.25) is 0 Å². The van der Waals surface area contributed by atoms with Crippen LogP contribution in [0.15, 0.2) is 27.7 Å². The number of carbonyl (C=O) groups excluding carboxylic acids is 1. The molecule has 2 aromatic rings. The largest absolute Gasteiger partial charge is 0.480 e. The van der Waals surface area contributed by atoms with E-state index >= 15 is 0 Å². The van der Waals surface area contributed by atoms with E-state index in [-0.39, 0.29) is 13.0 Å². The van der Waals surface area contributed by atoms with Gasteiger partial charge in [0.1, 0.15) is 6.04 Å². The van der Waals surface area contributed by atoms with Crippen LogP contribution >= 0.6 is 15.9 Å². The lowest BCUT2D eigenvalue weighted by atomic mass is 10.0. The van der Waals surface area contributed by atoms with Crippen LogP contribution in [0.25, 0.3) is 0 Å². The molecule has 0 radical (unpaired) electrons. The lowest BCUT2D eigenvalue weighted by Crippen LogP contribution is -2.48. The first-order valence-corrected chi connectivity index (χ1v) is 6.65. The summed E-state index contributed by atoms with van der Waals surface area (Å²) in [6, 6.07) is 0.577. The van der Waals surface area contributed by atoms with Gasteiger partial charge in [0.15, 0.2) is 4.67 Å². The van der Waals surface area contributed by atoms with Crippen LogP contribution in [0.3, 0.4) is 0 Å². The first-order valence-electron chi connectivity index (χ1n) is 5.86. The number of carboxylic acids is 1. The molecule has 3 heterocycles. The Morgan fingerprint density at radius 3 is 3.00 bits per heavy atom. The summed E-state index contributed by atoms with van der Waals surface area (Å²) in [5.41, 5.74) is 1.75. The molecule has 1 amide bonds. The number of carboxylic acid groups (broad SMARTS) is 1. The van der Waals surface area contributed by atoms with Crippen molar-refractivity contribution in [3.05, 3.63) is 40.3 Å². The standard InChI is InChI=1S/C12H10BrN3O4/c13-10-6(1-2-20-10)11(17)16-4-8-7(14-5-15-8)3-9(16)12(18)19/h1-2,5,9H,3-4H2,(H,14,15)(H,18,19). The van der Waals surface area contributed by atoms with Gasteiger partial charge < -0.3 is 19.4 Å². The van der Waals surface area contributed by atoms with Crippen LogP contribution in [-0.2, 0) is 17.8 Å². The highest BCUT2D eigenvalue weighted by molar-refractivity contribution is 9.10. The summed E-state index contributed by atoms with van der Waals surface area (Å²) in [6.45, 7) is 0.183. The number of aliphatic carboxylic acids is 1. The van der Waals surface area contributed by atoms with Crippen molar-refractivity contribution in [1.29, 1.82) is 0 Å². The zero-order chi connectivity index (χ0) is 14.3. The number of H-pyrrole nitrogens is 1. The Balaban J connectivity index is 1.96. The summed E-state index contributed by atoms with van der Waals surface area (Å²) in [6.07, 6.45) is 3.07. The molecule has 3 rings (SSSR count). The van der Waals surface area contributed by atoms with Crippen LogP contribution in [0.4, 0.5) is 0 Å². The molecule has 0 aromatic carbocycles. The summed E-state index contributed by atoms with van der Waals surface area (Å²) in [5.74, 6) is -1.44. The molecular formula is C12H10BrN3O4. The molecule has 1 aliphatic heterocycles. The Bertz CT molecular complexity index is 678. The second-order valence-electron chi connectivity index (χ2n) is 4.43. The zero-order valence-electron chi connectivity index (χ0n) is 10.2. The van der Waals surface area contributed by atoms with Gasteiger partial charge in [-0.1, -0.05) is 0 Å². The number of imidazole rings is 1. The second-order valence-corrected chi connectivity index (χ2v) is 5.15. The Morgan fingerprint density at radius 1 is 1.55 bits per heavy atom. The Morgan fingerprint density at radius 2 is 2.35 bits per heavy atom. The van der Waals surface area contributed by atoms with Crippen LogP contribution in [0, 0.1) is 0 Å². The maximum absolute atomic E-state index is 12.5. The van der Waals surface area contributed by atoms with Crippen molar-refractivity contribution in [1.82, 2.24) is 14.9 Å². The molecular weight excluding hydrogens is 330 g/mol. The quantitative estimate of drug-likeness (QED) is 0.861. The van der Waals surface area contributed by atoms with E-state index in [1.807, 2.05) is 0 Å². The summed E-state index contributed by atoms with van der Waals surface area (Å²) >= 11 is 3.13. The highest BCUT2D eigenvalue weighted by Crippen LogP contribution is 2.26. The van der Waals surface area contributed by atoms with Crippen LogP contribution < -0.4 is 0 Å². The van der Waals surface area contributed by atoms with Crippen LogP contribution in [0.2, 0.25) is 0 Å². The average molecular weight is 340 g/mol. The van der Waals surface area contributed by atoms with E-state index in [9.17, 15) is 14.7 Å². The summed E-state index contributed by atoms with van der Waals surface area (Å²) in [5, 5.41) is 9.32.